The van der Waals surface area contributed by atoms with Crippen molar-refractivity contribution in [3.8, 4) is 5.75 Å². The van der Waals surface area contributed by atoms with Crippen LogP contribution < -0.4 is 4.74 Å². The first-order chi connectivity index (χ1) is 21.3. The van der Waals surface area contributed by atoms with Crippen LogP contribution in [0.3, 0.4) is 0 Å². The summed E-state index contributed by atoms with van der Waals surface area (Å²) in [6, 6.07) is 18.0. The number of aldehydes is 1. The molecule has 0 N–H and O–H groups in total. The molecule has 3 atom stereocenters. The topological polar surface area (TPSA) is 96.0 Å². The number of rotatable bonds is 15. The van der Waals surface area contributed by atoms with E-state index in [4.69, 9.17) is 28.5 Å². The molecule has 10 heteroatoms. The number of ether oxygens (including phenoxy) is 5. The van der Waals surface area contributed by atoms with E-state index >= 15 is 0 Å². The van der Waals surface area contributed by atoms with Crippen molar-refractivity contribution in [2.45, 2.75) is 45.3 Å². The van der Waals surface area contributed by atoms with E-state index in [-0.39, 0.29) is 18.4 Å². The maximum atomic E-state index is 12.4. The van der Waals surface area contributed by atoms with E-state index in [0.717, 1.165) is 62.4 Å². The summed E-state index contributed by atoms with van der Waals surface area (Å²) < 4.78 is 28.6. The highest BCUT2D eigenvalue weighted by Gasteiger charge is 2.40. The predicted octanol–water partition coefficient (Wildman–Crippen LogP) is 4.72. The Labute approximate surface area is 261 Å². The van der Waals surface area contributed by atoms with E-state index in [1.807, 2.05) is 54.6 Å². The van der Waals surface area contributed by atoms with Gasteiger partial charge in [-0.15, -0.1) is 5.06 Å². The fraction of sp³-hybridized carbons (Fsp3) is 0.588. The number of benzene rings is 2. The number of nitrogens with zero attached hydrogens (tertiary/aromatic N) is 2. The maximum absolute atomic E-state index is 12.4. The van der Waals surface area contributed by atoms with Gasteiger partial charge in [0.15, 0.2) is 0 Å². The molecule has 0 saturated carbocycles. The molecule has 2 aliphatic rings. The number of carbonyl (C=O) groups excluding carboxylic acids is 2. The average Bonchev–Trinajstić information content (AvgIpc) is 3.01. The van der Waals surface area contributed by atoms with Crippen molar-refractivity contribution in [1.29, 1.82) is 0 Å². The van der Waals surface area contributed by atoms with Gasteiger partial charge in [-0.25, -0.2) is 4.79 Å². The molecule has 4 rings (SSSR count). The van der Waals surface area contributed by atoms with E-state index in [0.29, 0.717) is 39.6 Å². The molecule has 0 amide bonds. The van der Waals surface area contributed by atoms with E-state index in [9.17, 15) is 9.59 Å². The van der Waals surface area contributed by atoms with Crippen LogP contribution in [-0.2, 0) is 35.2 Å². The Balaban J connectivity index is 1.32. The lowest BCUT2D eigenvalue weighted by molar-refractivity contribution is -0.177. The number of hydrogen-bond donors (Lipinski definition) is 0. The van der Waals surface area contributed by atoms with Gasteiger partial charge in [0, 0.05) is 56.9 Å². The Morgan fingerprint density at radius 2 is 1.70 bits per heavy atom. The van der Waals surface area contributed by atoms with Crippen LogP contribution in [0.25, 0.3) is 0 Å². The number of carbonyl (C=O) groups is 2. The molecule has 3 unspecified atom stereocenters. The lowest BCUT2D eigenvalue weighted by atomic mass is 9.75. The zero-order chi connectivity index (χ0) is 31.2. The van der Waals surface area contributed by atoms with Gasteiger partial charge in [0.1, 0.15) is 17.6 Å². The third kappa shape index (κ3) is 11.5. The van der Waals surface area contributed by atoms with Crippen molar-refractivity contribution in [2.24, 2.45) is 11.8 Å². The summed E-state index contributed by atoms with van der Waals surface area (Å²) in [5.41, 5.74) is 1.50. The van der Waals surface area contributed by atoms with Crippen LogP contribution in [0, 0.1) is 11.8 Å². The van der Waals surface area contributed by atoms with Gasteiger partial charge in [0.25, 0.3) is 0 Å². The fourth-order valence-corrected chi connectivity index (χ4v) is 5.55. The van der Waals surface area contributed by atoms with Crippen LogP contribution in [-0.4, -0.2) is 100 Å². The van der Waals surface area contributed by atoms with Crippen LogP contribution >= 0.6 is 0 Å². The summed E-state index contributed by atoms with van der Waals surface area (Å²) in [5, 5.41) is 1.54. The first-order valence-corrected chi connectivity index (χ1v) is 15.6. The smallest absolute Gasteiger partial charge is 0.494 e. The van der Waals surface area contributed by atoms with Crippen LogP contribution in [0.4, 0.5) is 4.79 Å². The zero-order valence-electron chi connectivity index (χ0n) is 26.4. The van der Waals surface area contributed by atoms with E-state index in [1.165, 1.54) is 5.06 Å². The average molecular weight is 613 g/mol. The minimum Gasteiger partial charge on any atom is -0.494 e. The van der Waals surface area contributed by atoms with Crippen molar-refractivity contribution in [3.63, 3.8) is 0 Å². The van der Waals surface area contributed by atoms with Crippen LogP contribution in [0.1, 0.15) is 44.2 Å². The minimum absolute atomic E-state index is 0.0837. The van der Waals surface area contributed by atoms with Crippen LogP contribution in [0.2, 0.25) is 0 Å². The minimum atomic E-state index is -0.778. The van der Waals surface area contributed by atoms with Crippen molar-refractivity contribution >= 4 is 12.4 Å². The van der Waals surface area contributed by atoms with E-state index < -0.39 is 17.7 Å². The zero-order valence-corrected chi connectivity index (χ0v) is 26.4. The first kappa shape index (κ1) is 33.9. The monoisotopic (exact) mass is 612 g/mol. The molecule has 2 aromatic rings. The fourth-order valence-electron chi connectivity index (χ4n) is 5.55. The molecule has 0 spiro atoms. The van der Waals surface area contributed by atoms with Gasteiger partial charge in [0.2, 0.25) is 0 Å². The molecule has 2 aliphatic heterocycles. The molecule has 10 nitrogen and oxygen atoms in total. The molecular formula is C34H48N2O8. The van der Waals surface area contributed by atoms with Gasteiger partial charge in [-0.05, 0) is 44.0 Å². The summed E-state index contributed by atoms with van der Waals surface area (Å²) in [5.74, 6) is 0.186. The highest BCUT2D eigenvalue weighted by atomic mass is 16.8. The summed E-state index contributed by atoms with van der Waals surface area (Å²) >= 11 is 0. The molecule has 2 heterocycles. The molecule has 2 fully saturated rings. The second kappa shape index (κ2) is 17.5. The number of piperidine rings is 1. The number of hydrogen-bond acceptors (Lipinski definition) is 10. The Hall–Kier alpha value is -3.02. The van der Waals surface area contributed by atoms with Crippen LogP contribution in [0.5, 0.6) is 5.75 Å². The van der Waals surface area contributed by atoms with Crippen molar-refractivity contribution in [2.75, 3.05) is 72.4 Å². The molecule has 2 saturated heterocycles. The normalized spacial score (nSPS) is 21.5. The molecule has 0 aromatic heterocycles. The first-order valence-electron chi connectivity index (χ1n) is 15.6. The largest absolute Gasteiger partial charge is 0.528 e. The SMILES string of the molecule is CC(C)(C)OC(=O)ON1CC(C=O)C(c2ccc(OCCCOCc3ccccc3)cc2)C(COCCN2CCOCC2)C1. The Morgan fingerprint density at radius 3 is 2.41 bits per heavy atom. The Bertz CT molecular complexity index is 1120. The number of hydroxylamine groups is 2. The van der Waals surface area contributed by atoms with E-state index in [2.05, 4.69) is 4.90 Å². The third-order valence-electron chi connectivity index (χ3n) is 7.66. The molecule has 44 heavy (non-hydrogen) atoms. The molecular weight excluding hydrogens is 564 g/mol. The van der Waals surface area contributed by atoms with Gasteiger partial charge in [0.05, 0.1) is 46.2 Å². The standard InChI is InChI=1S/C34H48N2O8/c1-34(2,3)43-33(38)44-36-22-29(24-37)32(30(23-36)26-41-21-16-35-14-19-39-20-15-35)28-10-12-31(13-11-28)42-18-7-17-40-25-27-8-5-4-6-9-27/h4-6,8-13,24,29-30,32H,7,14-23,25-26H2,1-3H3. The summed E-state index contributed by atoms with van der Waals surface area (Å²) in [6.07, 6.45) is 0.956. The molecule has 0 aliphatic carbocycles. The lowest BCUT2D eigenvalue weighted by Gasteiger charge is -2.41. The van der Waals surface area contributed by atoms with Gasteiger partial charge < -0.3 is 33.3 Å². The third-order valence-corrected chi connectivity index (χ3v) is 7.66. The Kier molecular flexibility index (Phi) is 13.4. The van der Waals surface area contributed by atoms with Crippen molar-refractivity contribution in [1.82, 2.24) is 9.96 Å². The van der Waals surface area contributed by atoms with Crippen molar-refractivity contribution < 1.29 is 38.1 Å². The second-order valence-corrected chi connectivity index (χ2v) is 12.3. The lowest BCUT2D eigenvalue weighted by Crippen LogP contribution is -2.48. The summed E-state index contributed by atoms with van der Waals surface area (Å²) in [7, 11) is 0. The number of morpholine rings is 1. The molecule has 242 valence electrons. The Morgan fingerprint density at radius 1 is 0.955 bits per heavy atom. The maximum Gasteiger partial charge on any atom is 0.528 e. The highest BCUT2D eigenvalue weighted by Crippen LogP contribution is 2.38. The van der Waals surface area contributed by atoms with Crippen LogP contribution in [0.15, 0.2) is 54.6 Å². The second-order valence-electron chi connectivity index (χ2n) is 12.3. The molecule has 0 bridgehead atoms. The highest BCUT2D eigenvalue weighted by molar-refractivity contribution is 5.60. The van der Waals surface area contributed by atoms with E-state index in [1.54, 1.807) is 20.8 Å². The quantitative estimate of drug-likeness (QED) is 0.160. The summed E-state index contributed by atoms with van der Waals surface area (Å²) in [4.78, 5) is 32.7. The van der Waals surface area contributed by atoms with Gasteiger partial charge in [-0.3, -0.25) is 4.90 Å². The predicted molar refractivity (Wildman–Crippen MR) is 165 cm³/mol. The summed E-state index contributed by atoms with van der Waals surface area (Å²) in [6.45, 7) is 12.9. The van der Waals surface area contributed by atoms with Gasteiger partial charge >= 0.3 is 6.16 Å². The van der Waals surface area contributed by atoms with Gasteiger partial charge in [-0.2, -0.15) is 0 Å². The van der Waals surface area contributed by atoms with Crippen molar-refractivity contribution in [3.05, 3.63) is 65.7 Å². The van der Waals surface area contributed by atoms with Gasteiger partial charge in [-0.1, -0.05) is 42.5 Å². The molecule has 2 aromatic carbocycles. The molecule has 0 radical (unpaired) electrons.